The van der Waals surface area contributed by atoms with Gasteiger partial charge in [-0.25, -0.2) is 0 Å². The van der Waals surface area contributed by atoms with E-state index in [2.05, 4.69) is 20.8 Å². The van der Waals surface area contributed by atoms with Crippen molar-refractivity contribution in [3.8, 4) is 0 Å². The van der Waals surface area contributed by atoms with Crippen LogP contribution in [0.1, 0.15) is 40.3 Å². The van der Waals surface area contributed by atoms with Gasteiger partial charge in [0.15, 0.2) is 5.69 Å². The van der Waals surface area contributed by atoms with Gasteiger partial charge in [0.25, 0.3) is 11.6 Å². The third-order valence-corrected chi connectivity index (χ3v) is 3.95. The summed E-state index contributed by atoms with van der Waals surface area (Å²) in [6.45, 7) is 3.26. The number of nitro benzene ring substituents is 1. The van der Waals surface area contributed by atoms with Crippen molar-refractivity contribution in [2.24, 2.45) is 0 Å². The molecule has 1 amide bonds. The van der Waals surface area contributed by atoms with E-state index in [9.17, 15) is 14.9 Å². The minimum Gasteiger partial charge on any atom is -0.344 e. The van der Waals surface area contributed by atoms with Gasteiger partial charge in [0.05, 0.1) is 11.0 Å². The number of fused-ring (bicyclic) bond motifs is 1. The molecule has 2 heterocycles. The van der Waals surface area contributed by atoms with E-state index < -0.39 is 4.92 Å². The zero-order valence-electron chi connectivity index (χ0n) is 13.0. The van der Waals surface area contributed by atoms with Crippen molar-refractivity contribution in [2.75, 3.05) is 6.54 Å². The second-order valence-electron chi connectivity index (χ2n) is 5.50. The molecule has 1 aliphatic heterocycles. The molecule has 0 radical (unpaired) electrons. The Morgan fingerprint density at radius 3 is 3.00 bits per heavy atom. The number of nitrogens with one attached hydrogen (secondary N) is 3. The van der Waals surface area contributed by atoms with Crippen LogP contribution in [0.2, 0.25) is 0 Å². The second-order valence-corrected chi connectivity index (χ2v) is 5.50. The molecule has 0 saturated carbocycles. The van der Waals surface area contributed by atoms with Gasteiger partial charge in [-0.3, -0.25) is 20.0 Å². The van der Waals surface area contributed by atoms with Crippen LogP contribution in [0, 0.1) is 10.1 Å². The Morgan fingerprint density at radius 1 is 1.46 bits per heavy atom. The molecule has 0 saturated heterocycles. The van der Waals surface area contributed by atoms with Gasteiger partial charge in [-0.05, 0) is 12.5 Å². The summed E-state index contributed by atoms with van der Waals surface area (Å²) in [7, 11) is 0. The highest BCUT2D eigenvalue weighted by Crippen LogP contribution is 2.20. The Balaban J connectivity index is 0.00000208. The summed E-state index contributed by atoms with van der Waals surface area (Å²) in [5, 5.41) is 23.9. The molecule has 9 heteroatoms. The van der Waals surface area contributed by atoms with Gasteiger partial charge in [-0.2, -0.15) is 5.10 Å². The summed E-state index contributed by atoms with van der Waals surface area (Å²) in [5.74, 6) is -0.287. The lowest BCUT2D eigenvalue weighted by atomic mass is 10.1. The number of aromatic nitrogens is 2. The van der Waals surface area contributed by atoms with E-state index in [1.807, 2.05) is 0 Å². The molecule has 24 heavy (non-hydrogen) atoms. The molecule has 0 fully saturated rings. The molecule has 3 rings (SSSR count). The highest BCUT2D eigenvalue weighted by molar-refractivity contribution is 5.94. The SMILES string of the molecule is CC(NC(=O)c1n[nH]c2c1CNCC2)c1cccc([N+](=O)[O-])c1.Cl. The maximum Gasteiger partial charge on any atom is 0.272 e. The van der Waals surface area contributed by atoms with Gasteiger partial charge < -0.3 is 10.6 Å². The second kappa shape index (κ2) is 7.41. The number of carbonyl (C=O) groups excluding carboxylic acids is 1. The number of nitro groups is 1. The average molecular weight is 352 g/mol. The number of rotatable bonds is 4. The van der Waals surface area contributed by atoms with E-state index in [4.69, 9.17) is 0 Å². The third-order valence-electron chi connectivity index (χ3n) is 3.95. The van der Waals surface area contributed by atoms with Crippen LogP contribution < -0.4 is 10.6 Å². The maximum atomic E-state index is 12.4. The molecule has 0 bridgehead atoms. The zero-order chi connectivity index (χ0) is 16.4. The van der Waals surface area contributed by atoms with Gasteiger partial charge >= 0.3 is 0 Å². The van der Waals surface area contributed by atoms with Crippen LogP contribution in [0.4, 0.5) is 5.69 Å². The first-order valence-electron chi connectivity index (χ1n) is 7.38. The summed E-state index contributed by atoms with van der Waals surface area (Å²) in [6, 6.07) is 5.89. The number of hydrogen-bond acceptors (Lipinski definition) is 5. The molecule has 1 aliphatic rings. The van der Waals surface area contributed by atoms with Crippen molar-refractivity contribution in [2.45, 2.75) is 25.9 Å². The highest BCUT2D eigenvalue weighted by atomic mass is 35.5. The van der Waals surface area contributed by atoms with Gasteiger partial charge in [-0.15, -0.1) is 12.4 Å². The van der Waals surface area contributed by atoms with Crippen LogP contribution in [0.25, 0.3) is 0 Å². The van der Waals surface area contributed by atoms with Crippen molar-refractivity contribution in [3.05, 3.63) is 56.9 Å². The number of non-ortho nitro benzene ring substituents is 1. The molecule has 1 aromatic carbocycles. The Hall–Kier alpha value is -2.45. The van der Waals surface area contributed by atoms with Crippen molar-refractivity contribution in [1.29, 1.82) is 0 Å². The number of halogens is 1. The lowest BCUT2D eigenvalue weighted by Gasteiger charge is -2.15. The topological polar surface area (TPSA) is 113 Å². The first kappa shape index (κ1) is 17.9. The molecule has 8 nitrogen and oxygen atoms in total. The fraction of sp³-hybridized carbons (Fsp3) is 0.333. The van der Waals surface area contributed by atoms with E-state index in [1.165, 1.54) is 12.1 Å². The van der Waals surface area contributed by atoms with Crippen LogP contribution >= 0.6 is 12.4 Å². The number of amides is 1. The van der Waals surface area contributed by atoms with E-state index >= 15 is 0 Å². The van der Waals surface area contributed by atoms with Gasteiger partial charge in [0.2, 0.25) is 0 Å². The fourth-order valence-corrected chi connectivity index (χ4v) is 2.67. The summed E-state index contributed by atoms with van der Waals surface area (Å²) < 4.78 is 0. The lowest BCUT2D eigenvalue weighted by molar-refractivity contribution is -0.384. The van der Waals surface area contributed by atoms with E-state index in [0.717, 1.165) is 24.2 Å². The molecule has 0 spiro atoms. The minimum absolute atomic E-state index is 0. The van der Waals surface area contributed by atoms with Crippen LogP contribution in [-0.2, 0) is 13.0 Å². The highest BCUT2D eigenvalue weighted by Gasteiger charge is 2.23. The van der Waals surface area contributed by atoms with Gasteiger partial charge in [0, 0.05) is 42.9 Å². The Labute approximate surface area is 144 Å². The number of benzene rings is 1. The van der Waals surface area contributed by atoms with Crippen LogP contribution in [0.5, 0.6) is 0 Å². The average Bonchev–Trinajstić information content (AvgIpc) is 2.99. The van der Waals surface area contributed by atoms with Crippen molar-refractivity contribution in [3.63, 3.8) is 0 Å². The van der Waals surface area contributed by atoms with Crippen LogP contribution in [-0.4, -0.2) is 27.6 Å². The van der Waals surface area contributed by atoms with E-state index in [1.54, 1.807) is 19.1 Å². The Bertz CT molecular complexity index is 761. The first-order chi connectivity index (χ1) is 11.1. The molecular weight excluding hydrogens is 334 g/mol. The largest absolute Gasteiger partial charge is 0.344 e. The van der Waals surface area contributed by atoms with Crippen molar-refractivity contribution in [1.82, 2.24) is 20.8 Å². The smallest absolute Gasteiger partial charge is 0.272 e. The lowest BCUT2D eigenvalue weighted by Crippen LogP contribution is -2.30. The third kappa shape index (κ3) is 3.55. The summed E-state index contributed by atoms with van der Waals surface area (Å²) in [6.07, 6.45) is 0.816. The van der Waals surface area contributed by atoms with Crippen molar-refractivity contribution < 1.29 is 9.72 Å². The predicted molar refractivity (Wildman–Crippen MR) is 90.2 cm³/mol. The number of aromatic amines is 1. The molecule has 0 aliphatic carbocycles. The number of H-pyrrole nitrogens is 1. The summed E-state index contributed by atoms with van der Waals surface area (Å²) >= 11 is 0. The van der Waals surface area contributed by atoms with Crippen molar-refractivity contribution >= 4 is 24.0 Å². The molecule has 1 aromatic heterocycles. The fourth-order valence-electron chi connectivity index (χ4n) is 2.67. The van der Waals surface area contributed by atoms with E-state index in [0.29, 0.717) is 17.8 Å². The monoisotopic (exact) mass is 351 g/mol. The quantitative estimate of drug-likeness (QED) is 0.575. The molecule has 2 aromatic rings. The molecule has 1 unspecified atom stereocenters. The molecular formula is C15H18ClN5O3. The number of carbonyl (C=O) groups is 1. The minimum atomic E-state index is -0.451. The number of hydrogen-bond donors (Lipinski definition) is 3. The normalized spacial score (nSPS) is 14.2. The molecule has 128 valence electrons. The zero-order valence-corrected chi connectivity index (χ0v) is 13.9. The standard InChI is InChI=1S/C15H17N5O3.ClH/c1-9(10-3-2-4-11(7-10)20(22)23)17-15(21)14-12-8-16-6-5-13(12)18-19-14;/h2-4,7,9,16H,5-6,8H2,1H3,(H,17,21)(H,18,19);1H. The Morgan fingerprint density at radius 2 is 2.25 bits per heavy atom. The Kier molecular flexibility index (Phi) is 5.53. The number of nitrogens with zero attached hydrogens (tertiary/aromatic N) is 2. The predicted octanol–water partition coefficient (Wildman–Crippen LogP) is 1.88. The molecule has 1 atom stereocenters. The van der Waals surface area contributed by atoms with Crippen LogP contribution in [0.15, 0.2) is 24.3 Å². The van der Waals surface area contributed by atoms with Gasteiger partial charge in [-0.1, -0.05) is 12.1 Å². The maximum absolute atomic E-state index is 12.4. The van der Waals surface area contributed by atoms with Crippen LogP contribution in [0.3, 0.4) is 0 Å². The molecule has 3 N–H and O–H groups in total. The summed E-state index contributed by atoms with van der Waals surface area (Å²) in [4.78, 5) is 22.8. The first-order valence-corrected chi connectivity index (χ1v) is 7.38. The van der Waals surface area contributed by atoms with Gasteiger partial charge in [0.1, 0.15) is 0 Å². The van der Waals surface area contributed by atoms with E-state index in [-0.39, 0.29) is 30.0 Å². The summed E-state index contributed by atoms with van der Waals surface area (Å²) in [5.41, 5.74) is 2.93.